The quantitative estimate of drug-likeness (QED) is 0.715. The lowest BCUT2D eigenvalue weighted by atomic mass is 9.89. The maximum absolute atomic E-state index is 14.5. The van der Waals surface area contributed by atoms with E-state index in [1.54, 1.807) is 13.8 Å². The van der Waals surface area contributed by atoms with Gasteiger partial charge < -0.3 is 10.0 Å². The molecular weight excluding hydrogens is 381 g/mol. The third kappa shape index (κ3) is 2.82. The lowest BCUT2D eigenvalue weighted by molar-refractivity contribution is -0.000242. The number of aliphatic hydroxyl groups is 1. The summed E-state index contributed by atoms with van der Waals surface area (Å²) in [6.07, 6.45) is 6.31. The molecule has 156 valence electrons. The Hall–Kier alpha value is -2.54. The van der Waals surface area contributed by atoms with Crippen molar-refractivity contribution in [3.8, 4) is 5.82 Å². The van der Waals surface area contributed by atoms with Gasteiger partial charge in [-0.15, -0.1) is 0 Å². The lowest BCUT2D eigenvalue weighted by Gasteiger charge is -2.26. The highest BCUT2D eigenvalue weighted by atomic mass is 19.1. The second-order valence-electron chi connectivity index (χ2n) is 9.91. The van der Waals surface area contributed by atoms with E-state index < -0.39 is 17.7 Å². The molecule has 3 fully saturated rings. The van der Waals surface area contributed by atoms with E-state index in [-0.39, 0.29) is 6.54 Å². The molecule has 3 aromatic rings. The molecule has 1 saturated heterocycles. The van der Waals surface area contributed by atoms with Crippen LogP contribution in [0.2, 0.25) is 0 Å². The summed E-state index contributed by atoms with van der Waals surface area (Å²) in [4.78, 5) is 10.7. The van der Waals surface area contributed by atoms with Crippen molar-refractivity contribution in [2.45, 2.75) is 50.8 Å². The monoisotopic (exact) mass is 407 g/mol. The molecule has 30 heavy (non-hydrogen) atoms. The lowest BCUT2D eigenvalue weighted by Crippen LogP contribution is -2.37. The minimum absolute atomic E-state index is 0.221. The van der Waals surface area contributed by atoms with Crippen molar-refractivity contribution < 1.29 is 9.50 Å². The van der Waals surface area contributed by atoms with E-state index in [2.05, 4.69) is 33.3 Å². The van der Waals surface area contributed by atoms with Gasteiger partial charge in [-0.3, -0.25) is 0 Å². The number of aromatic nitrogens is 4. The molecule has 0 amide bonds. The van der Waals surface area contributed by atoms with E-state index in [0.29, 0.717) is 29.5 Å². The fraction of sp³-hybridized carbons (Fsp3) is 0.522. The number of alkyl halides is 1. The fourth-order valence-electron chi connectivity index (χ4n) is 5.21. The number of halogens is 1. The van der Waals surface area contributed by atoms with Crippen molar-refractivity contribution in [2.75, 3.05) is 18.0 Å². The average molecular weight is 407 g/mol. The van der Waals surface area contributed by atoms with Gasteiger partial charge >= 0.3 is 0 Å². The molecule has 2 unspecified atom stereocenters. The average Bonchev–Trinajstić information content (AvgIpc) is 3.55. The first kappa shape index (κ1) is 18.2. The van der Waals surface area contributed by atoms with E-state index >= 15 is 0 Å². The molecule has 0 radical (unpaired) electrons. The van der Waals surface area contributed by atoms with Crippen LogP contribution in [0.15, 0.2) is 36.8 Å². The molecule has 6 nitrogen and oxygen atoms in total. The number of anilines is 1. The van der Waals surface area contributed by atoms with Crippen LogP contribution in [0.1, 0.15) is 44.6 Å². The molecular formula is C23H26FN5O. The Labute approximate surface area is 174 Å². The molecule has 1 aromatic carbocycles. The molecule has 1 N–H and O–H groups in total. The van der Waals surface area contributed by atoms with Crippen LogP contribution < -0.4 is 4.90 Å². The van der Waals surface area contributed by atoms with Gasteiger partial charge in [0.25, 0.3) is 0 Å². The SMILES string of the molecule is CC(C)(O)C1CN(c2cc(-n3ncc4ccc(C5CC56CC6)cc43)ncn2)C[C@@H]1F. The molecule has 7 heteroatoms. The number of hydrogen-bond acceptors (Lipinski definition) is 5. The molecule has 3 heterocycles. The largest absolute Gasteiger partial charge is 0.390 e. The van der Waals surface area contributed by atoms with Crippen LogP contribution in [0.5, 0.6) is 0 Å². The Kier molecular flexibility index (Phi) is 3.65. The molecule has 3 atom stereocenters. The maximum Gasteiger partial charge on any atom is 0.159 e. The summed E-state index contributed by atoms with van der Waals surface area (Å²) in [5, 5.41) is 15.9. The second-order valence-corrected chi connectivity index (χ2v) is 9.91. The summed E-state index contributed by atoms with van der Waals surface area (Å²) < 4.78 is 16.4. The van der Waals surface area contributed by atoms with Gasteiger partial charge in [0.05, 0.1) is 23.9 Å². The molecule has 0 bridgehead atoms. The minimum Gasteiger partial charge on any atom is -0.390 e. The van der Waals surface area contributed by atoms with Crippen LogP contribution in [0.3, 0.4) is 0 Å². The van der Waals surface area contributed by atoms with Crippen molar-refractivity contribution in [3.05, 3.63) is 42.4 Å². The number of fused-ring (bicyclic) bond motifs is 1. The number of nitrogens with zero attached hydrogens (tertiary/aromatic N) is 5. The highest BCUT2D eigenvalue weighted by Crippen LogP contribution is 2.75. The third-order valence-electron chi connectivity index (χ3n) is 7.41. The first-order chi connectivity index (χ1) is 14.3. The number of rotatable bonds is 4. The molecule has 3 aliphatic rings. The van der Waals surface area contributed by atoms with Gasteiger partial charge in [-0.1, -0.05) is 12.1 Å². The summed E-state index contributed by atoms with van der Waals surface area (Å²) in [5.41, 5.74) is 1.97. The van der Waals surface area contributed by atoms with E-state index in [4.69, 9.17) is 0 Å². The van der Waals surface area contributed by atoms with Crippen LogP contribution >= 0.6 is 0 Å². The smallest absolute Gasteiger partial charge is 0.159 e. The van der Waals surface area contributed by atoms with Crippen molar-refractivity contribution in [3.63, 3.8) is 0 Å². The van der Waals surface area contributed by atoms with Gasteiger partial charge in [-0.25, -0.2) is 19.0 Å². The fourth-order valence-corrected chi connectivity index (χ4v) is 5.21. The summed E-state index contributed by atoms with van der Waals surface area (Å²) in [6.45, 7) is 3.98. The number of hydrogen-bond donors (Lipinski definition) is 1. The van der Waals surface area contributed by atoms with Gasteiger partial charge in [0.2, 0.25) is 0 Å². The van der Waals surface area contributed by atoms with Gasteiger partial charge in [0.1, 0.15) is 18.3 Å². The van der Waals surface area contributed by atoms with E-state index in [9.17, 15) is 9.50 Å². The van der Waals surface area contributed by atoms with E-state index in [0.717, 1.165) is 10.9 Å². The summed E-state index contributed by atoms with van der Waals surface area (Å²) in [5.74, 6) is 1.58. The summed E-state index contributed by atoms with van der Waals surface area (Å²) in [7, 11) is 0. The summed E-state index contributed by atoms with van der Waals surface area (Å²) >= 11 is 0. The van der Waals surface area contributed by atoms with Crippen molar-refractivity contribution >= 4 is 16.7 Å². The Morgan fingerprint density at radius 2 is 1.93 bits per heavy atom. The van der Waals surface area contributed by atoms with Crippen LogP contribution in [-0.4, -0.2) is 49.7 Å². The predicted octanol–water partition coefficient (Wildman–Crippen LogP) is 3.63. The Bertz CT molecular complexity index is 1130. The Morgan fingerprint density at radius 1 is 1.13 bits per heavy atom. The highest BCUT2D eigenvalue weighted by Gasteiger charge is 2.62. The van der Waals surface area contributed by atoms with Gasteiger partial charge in [-0.05, 0) is 56.1 Å². The van der Waals surface area contributed by atoms with Crippen molar-refractivity contribution in [1.82, 2.24) is 19.7 Å². The van der Waals surface area contributed by atoms with E-state index in [1.165, 1.54) is 31.2 Å². The summed E-state index contributed by atoms with van der Waals surface area (Å²) in [6, 6.07) is 8.49. The molecule has 6 rings (SSSR count). The zero-order valence-electron chi connectivity index (χ0n) is 17.3. The first-order valence-corrected chi connectivity index (χ1v) is 10.8. The number of benzene rings is 1. The Balaban J connectivity index is 1.33. The topological polar surface area (TPSA) is 67.1 Å². The van der Waals surface area contributed by atoms with Crippen LogP contribution in [0.4, 0.5) is 10.2 Å². The van der Waals surface area contributed by atoms with Gasteiger partial charge in [0.15, 0.2) is 5.82 Å². The zero-order chi connectivity index (χ0) is 20.7. The van der Waals surface area contributed by atoms with Crippen LogP contribution in [0.25, 0.3) is 16.7 Å². The molecule has 1 spiro atoms. The molecule has 2 saturated carbocycles. The van der Waals surface area contributed by atoms with Gasteiger partial charge in [-0.2, -0.15) is 5.10 Å². The molecule has 1 aliphatic heterocycles. The second kappa shape index (κ2) is 6.00. The van der Waals surface area contributed by atoms with Crippen molar-refractivity contribution in [1.29, 1.82) is 0 Å². The zero-order valence-corrected chi connectivity index (χ0v) is 17.3. The third-order valence-corrected chi connectivity index (χ3v) is 7.41. The van der Waals surface area contributed by atoms with Crippen molar-refractivity contribution in [2.24, 2.45) is 11.3 Å². The molecule has 2 aromatic heterocycles. The van der Waals surface area contributed by atoms with Crippen LogP contribution in [-0.2, 0) is 0 Å². The maximum atomic E-state index is 14.5. The van der Waals surface area contributed by atoms with Crippen LogP contribution in [0, 0.1) is 11.3 Å². The standard InChI is InChI=1S/C23H26FN5O/c1-22(2,30)17-11-28(12-18(17)24)20-8-21(26-13-25-20)29-19-7-14(3-4-15(19)10-27-29)16-9-23(16)5-6-23/h3-4,7-8,10,13,16-18,30H,5-6,9,11-12H2,1-2H3/t16?,17?,18-/m0/s1. The predicted molar refractivity (Wildman–Crippen MR) is 113 cm³/mol. The van der Waals surface area contributed by atoms with E-state index in [1.807, 2.05) is 21.8 Å². The Morgan fingerprint density at radius 3 is 2.63 bits per heavy atom. The van der Waals surface area contributed by atoms with Gasteiger partial charge in [0, 0.05) is 23.9 Å². The normalized spacial score (nSPS) is 27.2. The highest BCUT2D eigenvalue weighted by molar-refractivity contribution is 5.81. The minimum atomic E-state index is -1.09. The molecule has 2 aliphatic carbocycles. The first-order valence-electron chi connectivity index (χ1n) is 10.8.